The van der Waals surface area contributed by atoms with Crippen molar-refractivity contribution in [1.82, 2.24) is 9.97 Å². The zero-order valence-corrected chi connectivity index (χ0v) is 9.61. The molecule has 18 heavy (non-hydrogen) atoms. The normalized spacial score (nSPS) is 19.0. The van der Waals surface area contributed by atoms with Gasteiger partial charge in [-0.2, -0.15) is 0 Å². The third-order valence-corrected chi connectivity index (χ3v) is 2.98. The van der Waals surface area contributed by atoms with Gasteiger partial charge in [-0.05, 0) is 12.8 Å². The molecule has 1 aliphatic heterocycles. The monoisotopic (exact) mass is 254 g/mol. The molecule has 0 bridgehead atoms. The number of aromatic nitrogens is 2. The summed E-state index contributed by atoms with van der Waals surface area (Å²) >= 11 is 0. The molecular formula is C9H14N6O3. The first-order valence-corrected chi connectivity index (χ1v) is 5.52. The Morgan fingerprint density at radius 3 is 3.06 bits per heavy atom. The lowest BCUT2D eigenvalue weighted by Gasteiger charge is -2.23. The second kappa shape index (κ2) is 5.10. The molecule has 1 fully saturated rings. The van der Waals surface area contributed by atoms with Gasteiger partial charge < -0.3 is 15.4 Å². The van der Waals surface area contributed by atoms with Crippen LogP contribution in [0, 0.1) is 10.1 Å². The molecule has 1 aliphatic rings. The molecule has 0 aliphatic carbocycles. The van der Waals surface area contributed by atoms with Crippen molar-refractivity contribution in [3.8, 4) is 0 Å². The van der Waals surface area contributed by atoms with Gasteiger partial charge in [0.25, 0.3) is 0 Å². The molecule has 9 heteroatoms. The lowest BCUT2D eigenvalue weighted by molar-refractivity contribution is -0.383. The number of nitro groups is 1. The van der Waals surface area contributed by atoms with Crippen molar-refractivity contribution in [2.24, 2.45) is 5.84 Å². The number of hydrogen-bond donors (Lipinski definition) is 3. The van der Waals surface area contributed by atoms with E-state index >= 15 is 0 Å². The highest BCUT2D eigenvalue weighted by molar-refractivity contribution is 5.70. The third-order valence-electron chi connectivity index (χ3n) is 2.98. The Morgan fingerprint density at radius 2 is 2.44 bits per heavy atom. The van der Waals surface area contributed by atoms with E-state index < -0.39 is 4.92 Å². The maximum atomic E-state index is 11.1. The number of anilines is 2. The summed E-state index contributed by atoms with van der Waals surface area (Å²) in [6.07, 6.45) is 2.85. The van der Waals surface area contributed by atoms with E-state index in [-0.39, 0.29) is 30.0 Å². The summed E-state index contributed by atoms with van der Waals surface area (Å²) < 4.78 is 0. The van der Waals surface area contributed by atoms with E-state index in [4.69, 9.17) is 5.84 Å². The summed E-state index contributed by atoms with van der Waals surface area (Å²) in [5.74, 6) is 5.37. The number of hydrazine groups is 1. The van der Waals surface area contributed by atoms with Crippen LogP contribution in [0.4, 0.5) is 17.3 Å². The van der Waals surface area contributed by atoms with E-state index in [1.807, 2.05) is 0 Å². The van der Waals surface area contributed by atoms with Gasteiger partial charge in [-0.1, -0.05) is 0 Å². The number of nitrogens with two attached hydrogens (primary N) is 1. The van der Waals surface area contributed by atoms with Crippen LogP contribution in [0.25, 0.3) is 0 Å². The summed E-state index contributed by atoms with van der Waals surface area (Å²) in [4.78, 5) is 19.9. The summed E-state index contributed by atoms with van der Waals surface area (Å²) in [6, 6.07) is -0.149. The summed E-state index contributed by atoms with van der Waals surface area (Å²) in [5.41, 5.74) is 1.93. The quantitative estimate of drug-likeness (QED) is 0.377. The van der Waals surface area contributed by atoms with Crippen LogP contribution in [0.5, 0.6) is 0 Å². The van der Waals surface area contributed by atoms with E-state index in [1.165, 1.54) is 6.33 Å². The lowest BCUT2D eigenvalue weighted by Crippen LogP contribution is -2.33. The van der Waals surface area contributed by atoms with Crippen molar-refractivity contribution >= 4 is 17.3 Å². The molecule has 0 spiro atoms. The zero-order chi connectivity index (χ0) is 13.1. The van der Waals surface area contributed by atoms with Crippen molar-refractivity contribution in [2.45, 2.75) is 18.9 Å². The molecule has 0 saturated carbocycles. The number of nitrogens with zero attached hydrogens (tertiary/aromatic N) is 4. The van der Waals surface area contributed by atoms with Gasteiger partial charge >= 0.3 is 5.69 Å². The van der Waals surface area contributed by atoms with Gasteiger partial charge in [0.05, 0.1) is 17.6 Å². The predicted octanol–water partition coefficient (Wildman–Crippen LogP) is -0.369. The number of nitrogens with one attached hydrogen (secondary N) is 1. The zero-order valence-electron chi connectivity index (χ0n) is 9.61. The lowest BCUT2D eigenvalue weighted by atomic mass is 10.2. The minimum Gasteiger partial charge on any atom is -0.394 e. The van der Waals surface area contributed by atoms with Gasteiger partial charge in [-0.15, -0.1) is 0 Å². The molecule has 2 rings (SSSR count). The molecule has 0 aromatic carbocycles. The van der Waals surface area contributed by atoms with Gasteiger partial charge in [0.15, 0.2) is 0 Å². The SMILES string of the molecule is NNc1ncnc(N2CCCC2CO)c1[N+](=O)[O-]. The number of rotatable bonds is 4. The highest BCUT2D eigenvalue weighted by Gasteiger charge is 2.33. The Morgan fingerprint density at radius 1 is 1.67 bits per heavy atom. The van der Waals surface area contributed by atoms with Crippen LogP contribution in [-0.4, -0.2) is 39.2 Å². The first kappa shape index (κ1) is 12.5. The van der Waals surface area contributed by atoms with Crippen LogP contribution in [0.15, 0.2) is 6.33 Å². The van der Waals surface area contributed by atoms with Crippen LogP contribution >= 0.6 is 0 Å². The van der Waals surface area contributed by atoms with Gasteiger partial charge in [0.1, 0.15) is 6.33 Å². The van der Waals surface area contributed by atoms with Gasteiger partial charge in [-0.3, -0.25) is 10.1 Å². The summed E-state index contributed by atoms with van der Waals surface area (Å²) in [7, 11) is 0. The second-order valence-corrected chi connectivity index (χ2v) is 3.97. The van der Waals surface area contributed by atoms with E-state index in [0.717, 1.165) is 12.8 Å². The maximum Gasteiger partial charge on any atom is 0.354 e. The molecule has 2 heterocycles. The van der Waals surface area contributed by atoms with E-state index in [1.54, 1.807) is 4.90 Å². The molecule has 9 nitrogen and oxygen atoms in total. The van der Waals surface area contributed by atoms with Gasteiger partial charge in [0.2, 0.25) is 11.6 Å². The second-order valence-electron chi connectivity index (χ2n) is 3.97. The molecule has 4 N–H and O–H groups in total. The molecule has 1 atom stereocenters. The number of aliphatic hydroxyl groups excluding tert-OH is 1. The van der Waals surface area contributed by atoms with Crippen LogP contribution in [0.3, 0.4) is 0 Å². The van der Waals surface area contributed by atoms with Crippen LogP contribution in [0.2, 0.25) is 0 Å². The smallest absolute Gasteiger partial charge is 0.354 e. The Bertz CT molecular complexity index is 454. The molecule has 1 unspecified atom stereocenters. The van der Waals surface area contributed by atoms with Crippen molar-refractivity contribution in [3.63, 3.8) is 0 Å². The fourth-order valence-electron chi connectivity index (χ4n) is 2.16. The van der Waals surface area contributed by atoms with Crippen LogP contribution in [0.1, 0.15) is 12.8 Å². The molecule has 0 amide bonds. The first-order valence-electron chi connectivity index (χ1n) is 5.52. The molecule has 1 aromatic rings. The Balaban J connectivity index is 2.46. The summed E-state index contributed by atoms with van der Waals surface area (Å²) in [5, 5.41) is 20.4. The van der Waals surface area contributed by atoms with E-state index in [0.29, 0.717) is 6.54 Å². The minimum absolute atomic E-state index is 0.0337. The Labute approximate surface area is 103 Å². The molecule has 0 radical (unpaired) electrons. The van der Waals surface area contributed by atoms with E-state index in [2.05, 4.69) is 15.4 Å². The van der Waals surface area contributed by atoms with Crippen molar-refractivity contribution < 1.29 is 10.0 Å². The molecular weight excluding hydrogens is 240 g/mol. The summed E-state index contributed by atoms with van der Waals surface area (Å²) in [6.45, 7) is 0.555. The Hall–Kier alpha value is -2.00. The standard InChI is InChI=1S/C9H14N6O3/c10-13-8-7(15(17)18)9(12-5-11-8)14-3-1-2-6(14)4-16/h5-6,16H,1-4,10H2,(H,11,12,13). The minimum atomic E-state index is -0.572. The van der Waals surface area contributed by atoms with Gasteiger partial charge in [-0.25, -0.2) is 15.8 Å². The van der Waals surface area contributed by atoms with E-state index in [9.17, 15) is 15.2 Å². The number of aliphatic hydroxyl groups is 1. The predicted molar refractivity (Wildman–Crippen MR) is 64.0 cm³/mol. The fraction of sp³-hybridized carbons (Fsp3) is 0.556. The highest BCUT2D eigenvalue weighted by atomic mass is 16.6. The fourth-order valence-corrected chi connectivity index (χ4v) is 2.16. The topological polar surface area (TPSA) is 130 Å². The molecule has 1 saturated heterocycles. The first-order chi connectivity index (χ1) is 8.69. The molecule has 1 aromatic heterocycles. The van der Waals surface area contributed by atoms with Crippen LogP contribution < -0.4 is 16.2 Å². The number of hydrogen-bond acceptors (Lipinski definition) is 8. The van der Waals surface area contributed by atoms with Crippen LogP contribution in [-0.2, 0) is 0 Å². The largest absolute Gasteiger partial charge is 0.394 e. The average Bonchev–Trinajstić information content (AvgIpc) is 2.85. The highest BCUT2D eigenvalue weighted by Crippen LogP contribution is 2.34. The van der Waals surface area contributed by atoms with Crippen molar-refractivity contribution in [3.05, 3.63) is 16.4 Å². The Kier molecular flexibility index (Phi) is 3.53. The third kappa shape index (κ3) is 2.05. The van der Waals surface area contributed by atoms with Crippen molar-refractivity contribution in [1.29, 1.82) is 0 Å². The average molecular weight is 254 g/mol. The number of nitrogen functional groups attached to an aromatic ring is 1. The van der Waals surface area contributed by atoms with Crippen molar-refractivity contribution in [2.75, 3.05) is 23.5 Å². The molecule has 98 valence electrons. The van der Waals surface area contributed by atoms with Gasteiger partial charge in [0, 0.05) is 6.54 Å². The maximum absolute atomic E-state index is 11.1.